The predicted molar refractivity (Wildman–Crippen MR) is 79.1 cm³/mol. The Labute approximate surface area is 118 Å². The first-order valence-electron chi connectivity index (χ1n) is 6.01. The Hall–Kier alpha value is -1.33. The van der Waals surface area contributed by atoms with Crippen LogP contribution in [0.5, 0.6) is 0 Å². The molecule has 0 aliphatic carbocycles. The average Bonchev–Trinajstić information content (AvgIpc) is 2.29. The lowest BCUT2D eigenvalue weighted by molar-refractivity contribution is -0.384. The van der Waals surface area contributed by atoms with Crippen molar-refractivity contribution in [2.45, 2.75) is 26.3 Å². The summed E-state index contributed by atoms with van der Waals surface area (Å²) in [6.45, 7) is 6.77. The summed E-state index contributed by atoms with van der Waals surface area (Å²) in [5, 5.41) is 14.2. The van der Waals surface area contributed by atoms with Gasteiger partial charge in [0.2, 0.25) is 0 Å². The molecule has 0 unspecified atom stereocenters. The van der Waals surface area contributed by atoms with Crippen LogP contribution in [-0.2, 0) is 0 Å². The van der Waals surface area contributed by atoms with E-state index in [-0.39, 0.29) is 16.2 Å². The first-order chi connectivity index (χ1) is 8.65. The highest BCUT2D eigenvalue weighted by molar-refractivity contribution is 6.33. The highest BCUT2D eigenvalue weighted by Crippen LogP contribution is 2.30. The normalized spacial score (nSPS) is 11.7. The molecule has 1 aromatic rings. The summed E-state index contributed by atoms with van der Waals surface area (Å²) in [5.74, 6) is 0. The molecular formula is C13H20ClN3O2. The van der Waals surface area contributed by atoms with Gasteiger partial charge in [0.05, 0.1) is 4.92 Å². The molecule has 0 aliphatic heterocycles. The van der Waals surface area contributed by atoms with Crippen LogP contribution in [0.15, 0.2) is 12.1 Å². The third-order valence-corrected chi connectivity index (χ3v) is 3.72. The molecule has 1 rings (SSSR count). The molecule has 1 N–H and O–H groups in total. The standard InChI is InChI=1S/C13H20ClN3O2/c1-9-6-12(17(18)19)10(14)7-11(9)15-8-13(2,3)16(4)5/h6-7,15H,8H2,1-5H3. The maximum absolute atomic E-state index is 10.8. The highest BCUT2D eigenvalue weighted by Gasteiger charge is 2.21. The number of nitrogens with zero attached hydrogens (tertiary/aromatic N) is 2. The number of hydrogen-bond donors (Lipinski definition) is 1. The molecule has 0 atom stereocenters. The largest absolute Gasteiger partial charge is 0.383 e. The van der Waals surface area contributed by atoms with E-state index in [0.717, 1.165) is 17.8 Å². The first kappa shape index (κ1) is 15.7. The van der Waals surface area contributed by atoms with E-state index in [4.69, 9.17) is 11.6 Å². The lowest BCUT2D eigenvalue weighted by Gasteiger charge is -2.33. The van der Waals surface area contributed by atoms with Crippen molar-refractivity contribution >= 4 is 23.0 Å². The summed E-state index contributed by atoms with van der Waals surface area (Å²) in [6.07, 6.45) is 0. The van der Waals surface area contributed by atoms with E-state index in [1.165, 1.54) is 6.07 Å². The van der Waals surface area contributed by atoms with E-state index in [2.05, 4.69) is 24.1 Å². The zero-order valence-electron chi connectivity index (χ0n) is 12.0. The molecule has 0 heterocycles. The number of likely N-dealkylation sites (N-methyl/N-ethyl adjacent to an activating group) is 1. The highest BCUT2D eigenvalue weighted by atomic mass is 35.5. The molecule has 0 saturated heterocycles. The minimum Gasteiger partial charge on any atom is -0.383 e. The summed E-state index contributed by atoms with van der Waals surface area (Å²) in [6, 6.07) is 3.11. The minimum atomic E-state index is -0.469. The first-order valence-corrected chi connectivity index (χ1v) is 6.39. The molecule has 0 saturated carbocycles. The molecule has 0 fully saturated rings. The van der Waals surface area contributed by atoms with Gasteiger partial charge in [-0.05, 0) is 46.5 Å². The fraction of sp³-hybridized carbons (Fsp3) is 0.538. The van der Waals surface area contributed by atoms with Crippen LogP contribution in [0.4, 0.5) is 11.4 Å². The minimum absolute atomic E-state index is 0.0271. The van der Waals surface area contributed by atoms with Crippen molar-refractivity contribution in [3.05, 3.63) is 32.8 Å². The van der Waals surface area contributed by atoms with Crippen LogP contribution in [0, 0.1) is 17.0 Å². The van der Waals surface area contributed by atoms with Crippen LogP contribution in [0.3, 0.4) is 0 Å². The molecule has 0 amide bonds. The van der Waals surface area contributed by atoms with E-state index >= 15 is 0 Å². The predicted octanol–water partition coefficient (Wildman–Crippen LogP) is 3.31. The molecular weight excluding hydrogens is 266 g/mol. The third-order valence-electron chi connectivity index (χ3n) is 3.41. The quantitative estimate of drug-likeness (QED) is 0.666. The van der Waals surface area contributed by atoms with Crippen molar-refractivity contribution in [3.8, 4) is 0 Å². The number of anilines is 1. The fourth-order valence-corrected chi connectivity index (χ4v) is 1.70. The molecule has 106 valence electrons. The van der Waals surface area contributed by atoms with Gasteiger partial charge in [-0.1, -0.05) is 11.6 Å². The second kappa shape index (κ2) is 5.75. The Kier molecular flexibility index (Phi) is 4.76. The lowest BCUT2D eigenvalue weighted by atomic mass is 10.0. The maximum atomic E-state index is 10.8. The Morgan fingerprint density at radius 2 is 2.00 bits per heavy atom. The van der Waals surface area contributed by atoms with Crippen LogP contribution in [0.1, 0.15) is 19.4 Å². The van der Waals surface area contributed by atoms with Crippen LogP contribution in [0.25, 0.3) is 0 Å². The summed E-state index contributed by atoms with van der Waals surface area (Å²) in [5.41, 5.74) is 1.55. The Morgan fingerprint density at radius 3 is 2.47 bits per heavy atom. The summed E-state index contributed by atoms with van der Waals surface area (Å²) >= 11 is 5.92. The van der Waals surface area contributed by atoms with Gasteiger partial charge in [0, 0.05) is 23.8 Å². The average molecular weight is 286 g/mol. The molecule has 0 spiro atoms. The molecule has 0 aliphatic rings. The second-order valence-corrected chi connectivity index (χ2v) is 5.84. The van der Waals surface area contributed by atoms with Gasteiger partial charge in [-0.2, -0.15) is 0 Å². The molecule has 0 bridgehead atoms. The van der Waals surface area contributed by atoms with Gasteiger partial charge in [-0.3, -0.25) is 10.1 Å². The monoisotopic (exact) mass is 285 g/mol. The van der Waals surface area contributed by atoms with Gasteiger partial charge < -0.3 is 10.2 Å². The topological polar surface area (TPSA) is 58.4 Å². The SMILES string of the molecule is Cc1cc([N+](=O)[O-])c(Cl)cc1NCC(C)(C)N(C)C. The number of rotatable bonds is 5. The molecule has 6 heteroatoms. The fourth-order valence-electron chi connectivity index (χ4n) is 1.47. The van der Waals surface area contributed by atoms with Crippen molar-refractivity contribution in [2.24, 2.45) is 0 Å². The molecule has 5 nitrogen and oxygen atoms in total. The second-order valence-electron chi connectivity index (χ2n) is 5.44. The number of benzene rings is 1. The number of nitro benzene ring substituents is 1. The van der Waals surface area contributed by atoms with Crippen LogP contribution in [-0.4, -0.2) is 36.0 Å². The smallest absolute Gasteiger partial charge is 0.288 e. The van der Waals surface area contributed by atoms with Crippen molar-refractivity contribution < 1.29 is 4.92 Å². The number of hydrogen-bond acceptors (Lipinski definition) is 4. The third kappa shape index (κ3) is 3.81. The summed E-state index contributed by atoms with van der Waals surface area (Å²) < 4.78 is 0. The van der Waals surface area contributed by atoms with Crippen molar-refractivity contribution in [2.75, 3.05) is 26.0 Å². The summed E-state index contributed by atoms with van der Waals surface area (Å²) in [4.78, 5) is 12.4. The van der Waals surface area contributed by atoms with Gasteiger partial charge in [-0.25, -0.2) is 0 Å². The van der Waals surface area contributed by atoms with E-state index in [1.807, 2.05) is 21.0 Å². The van der Waals surface area contributed by atoms with E-state index in [1.54, 1.807) is 6.07 Å². The van der Waals surface area contributed by atoms with Crippen LogP contribution >= 0.6 is 11.6 Å². The lowest BCUT2D eigenvalue weighted by Crippen LogP contribution is -2.44. The Balaban J connectivity index is 2.92. The van der Waals surface area contributed by atoms with Crippen molar-refractivity contribution in [1.29, 1.82) is 0 Å². The molecule has 0 radical (unpaired) electrons. The molecule has 0 aromatic heterocycles. The zero-order chi connectivity index (χ0) is 14.8. The number of nitro groups is 1. The van der Waals surface area contributed by atoms with Crippen LogP contribution < -0.4 is 5.32 Å². The van der Waals surface area contributed by atoms with E-state index < -0.39 is 4.92 Å². The summed E-state index contributed by atoms with van der Waals surface area (Å²) in [7, 11) is 4.02. The Bertz CT molecular complexity index is 487. The van der Waals surface area contributed by atoms with E-state index in [0.29, 0.717) is 0 Å². The molecule has 1 aromatic carbocycles. The van der Waals surface area contributed by atoms with Crippen molar-refractivity contribution in [3.63, 3.8) is 0 Å². The maximum Gasteiger partial charge on any atom is 0.288 e. The van der Waals surface area contributed by atoms with Gasteiger partial charge >= 0.3 is 0 Å². The van der Waals surface area contributed by atoms with Crippen LogP contribution in [0.2, 0.25) is 5.02 Å². The van der Waals surface area contributed by atoms with Gasteiger partial charge in [0.1, 0.15) is 5.02 Å². The van der Waals surface area contributed by atoms with E-state index in [9.17, 15) is 10.1 Å². The number of nitrogens with one attached hydrogen (secondary N) is 1. The number of halogens is 1. The van der Waals surface area contributed by atoms with Crippen molar-refractivity contribution in [1.82, 2.24) is 4.90 Å². The number of aryl methyl sites for hydroxylation is 1. The molecule has 19 heavy (non-hydrogen) atoms. The Morgan fingerprint density at radius 1 is 1.42 bits per heavy atom. The van der Waals surface area contributed by atoms with Gasteiger partial charge in [0.25, 0.3) is 5.69 Å². The van der Waals surface area contributed by atoms with Gasteiger partial charge in [0.15, 0.2) is 0 Å². The zero-order valence-corrected chi connectivity index (χ0v) is 12.7. The van der Waals surface area contributed by atoms with Gasteiger partial charge in [-0.15, -0.1) is 0 Å².